The zero-order valence-corrected chi connectivity index (χ0v) is 11.9. The van der Waals surface area contributed by atoms with Gasteiger partial charge < -0.3 is 4.74 Å². The van der Waals surface area contributed by atoms with Crippen LogP contribution in [0.2, 0.25) is 0 Å². The molecule has 0 saturated heterocycles. The van der Waals surface area contributed by atoms with Crippen LogP contribution in [0.15, 0.2) is 24.3 Å². The highest BCUT2D eigenvalue weighted by Crippen LogP contribution is 2.39. The van der Waals surface area contributed by atoms with E-state index >= 15 is 0 Å². The monoisotopic (exact) mass is 275 g/mol. The SMILES string of the molecule is CC(C)Oc1ccc(-n2c(C3CC3)n[nH]c2=S)cc1. The molecule has 1 fully saturated rings. The summed E-state index contributed by atoms with van der Waals surface area (Å²) >= 11 is 5.32. The second kappa shape index (κ2) is 4.81. The van der Waals surface area contributed by atoms with Crippen molar-refractivity contribution in [2.24, 2.45) is 0 Å². The molecule has 2 aromatic rings. The largest absolute Gasteiger partial charge is 0.491 e. The van der Waals surface area contributed by atoms with E-state index in [1.54, 1.807) is 0 Å². The number of benzene rings is 1. The maximum absolute atomic E-state index is 5.65. The summed E-state index contributed by atoms with van der Waals surface area (Å²) in [6.07, 6.45) is 2.59. The van der Waals surface area contributed by atoms with Gasteiger partial charge in [-0.3, -0.25) is 9.67 Å². The van der Waals surface area contributed by atoms with Crippen molar-refractivity contribution in [2.75, 3.05) is 0 Å². The van der Waals surface area contributed by atoms with E-state index in [1.165, 1.54) is 12.8 Å². The van der Waals surface area contributed by atoms with Gasteiger partial charge in [-0.05, 0) is 63.2 Å². The van der Waals surface area contributed by atoms with E-state index in [-0.39, 0.29) is 6.10 Å². The lowest BCUT2D eigenvalue weighted by Gasteiger charge is -2.11. The fraction of sp³-hybridized carbons (Fsp3) is 0.429. The Kier molecular flexibility index (Phi) is 3.14. The number of H-pyrrole nitrogens is 1. The molecule has 0 amide bonds. The van der Waals surface area contributed by atoms with Gasteiger partial charge in [-0.1, -0.05) is 0 Å². The fourth-order valence-corrected chi connectivity index (χ4v) is 2.36. The second-order valence-electron chi connectivity index (χ2n) is 5.16. The Morgan fingerprint density at radius 2 is 2.00 bits per heavy atom. The highest BCUT2D eigenvalue weighted by molar-refractivity contribution is 7.71. The minimum Gasteiger partial charge on any atom is -0.491 e. The summed E-state index contributed by atoms with van der Waals surface area (Å²) in [5.74, 6) is 2.48. The summed E-state index contributed by atoms with van der Waals surface area (Å²) in [5, 5.41) is 7.23. The Hall–Kier alpha value is -1.62. The van der Waals surface area contributed by atoms with Crippen molar-refractivity contribution in [3.8, 4) is 11.4 Å². The van der Waals surface area contributed by atoms with Gasteiger partial charge in [0.2, 0.25) is 0 Å². The number of hydrogen-bond acceptors (Lipinski definition) is 3. The number of ether oxygens (including phenoxy) is 1. The topological polar surface area (TPSA) is 42.8 Å². The normalized spacial score (nSPS) is 14.9. The van der Waals surface area contributed by atoms with Gasteiger partial charge in [-0.2, -0.15) is 5.10 Å². The molecule has 19 heavy (non-hydrogen) atoms. The van der Waals surface area contributed by atoms with Gasteiger partial charge in [0.05, 0.1) is 6.10 Å². The van der Waals surface area contributed by atoms with Crippen LogP contribution in [-0.4, -0.2) is 20.9 Å². The molecule has 100 valence electrons. The average Bonchev–Trinajstić information content (AvgIpc) is 3.14. The Labute approximate surface area is 117 Å². The van der Waals surface area contributed by atoms with E-state index in [1.807, 2.05) is 42.7 Å². The Balaban J connectivity index is 1.94. The van der Waals surface area contributed by atoms with Gasteiger partial charge in [-0.25, -0.2) is 0 Å². The molecule has 1 aromatic carbocycles. The zero-order valence-electron chi connectivity index (χ0n) is 11.1. The number of rotatable bonds is 4. The average molecular weight is 275 g/mol. The number of hydrogen-bond donors (Lipinski definition) is 1. The summed E-state index contributed by atoms with van der Waals surface area (Å²) in [5.41, 5.74) is 1.04. The molecular formula is C14H17N3OS. The molecule has 1 heterocycles. The van der Waals surface area contributed by atoms with Crippen molar-refractivity contribution in [1.82, 2.24) is 14.8 Å². The van der Waals surface area contributed by atoms with E-state index < -0.39 is 0 Å². The van der Waals surface area contributed by atoms with Crippen molar-refractivity contribution >= 4 is 12.2 Å². The van der Waals surface area contributed by atoms with E-state index in [2.05, 4.69) is 10.2 Å². The van der Waals surface area contributed by atoms with E-state index in [0.29, 0.717) is 10.7 Å². The third-order valence-electron chi connectivity index (χ3n) is 3.11. The quantitative estimate of drug-likeness (QED) is 0.867. The van der Waals surface area contributed by atoms with Gasteiger partial charge >= 0.3 is 0 Å². The first-order valence-electron chi connectivity index (χ1n) is 6.59. The number of aromatic nitrogens is 3. The molecule has 1 aromatic heterocycles. The van der Waals surface area contributed by atoms with Crippen molar-refractivity contribution in [2.45, 2.75) is 38.7 Å². The van der Waals surface area contributed by atoms with Crippen LogP contribution < -0.4 is 4.74 Å². The molecule has 0 aliphatic heterocycles. The molecular weight excluding hydrogens is 258 g/mol. The Morgan fingerprint density at radius 3 is 2.58 bits per heavy atom. The van der Waals surface area contributed by atoms with E-state index in [4.69, 9.17) is 17.0 Å². The maximum atomic E-state index is 5.65. The van der Waals surface area contributed by atoms with Crippen LogP contribution in [0.4, 0.5) is 0 Å². The number of nitrogens with zero attached hydrogens (tertiary/aromatic N) is 2. The standard InChI is InChI=1S/C14H17N3OS/c1-9(2)18-12-7-5-11(6-8-12)17-13(10-3-4-10)15-16-14(17)19/h5-10H,3-4H2,1-2H3,(H,16,19). The minimum atomic E-state index is 0.184. The van der Waals surface area contributed by atoms with Crippen LogP contribution in [0.3, 0.4) is 0 Å². The van der Waals surface area contributed by atoms with Crippen LogP contribution in [-0.2, 0) is 0 Å². The Morgan fingerprint density at radius 1 is 1.32 bits per heavy atom. The Bertz CT molecular complexity index is 623. The zero-order chi connectivity index (χ0) is 13.4. The molecule has 0 unspecified atom stereocenters. The summed E-state index contributed by atoms with van der Waals surface area (Å²) in [4.78, 5) is 0. The highest BCUT2D eigenvalue weighted by atomic mass is 32.1. The van der Waals surface area contributed by atoms with Crippen LogP contribution in [0.5, 0.6) is 5.75 Å². The lowest BCUT2D eigenvalue weighted by Crippen LogP contribution is -2.06. The van der Waals surface area contributed by atoms with Crippen LogP contribution in [0.1, 0.15) is 38.4 Å². The summed E-state index contributed by atoms with van der Waals surface area (Å²) in [6, 6.07) is 7.99. The predicted octanol–water partition coefficient (Wildman–Crippen LogP) is 3.59. The van der Waals surface area contributed by atoms with Gasteiger partial charge in [0, 0.05) is 11.6 Å². The lowest BCUT2D eigenvalue weighted by atomic mass is 10.3. The second-order valence-corrected chi connectivity index (χ2v) is 5.54. The first-order chi connectivity index (χ1) is 9.15. The molecule has 1 N–H and O–H groups in total. The molecule has 0 radical (unpaired) electrons. The fourth-order valence-electron chi connectivity index (χ4n) is 2.12. The lowest BCUT2D eigenvalue weighted by molar-refractivity contribution is 0.242. The van der Waals surface area contributed by atoms with E-state index in [9.17, 15) is 0 Å². The minimum absolute atomic E-state index is 0.184. The summed E-state index contributed by atoms with van der Waals surface area (Å²) in [7, 11) is 0. The van der Waals surface area contributed by atoms with Gasteiger partial charge in [0.15, 0.2) is 4.77 Å². The molecule has 0 spiro atoms. The van der Waals surface area contributed by atoms with Crippen molar-refractivity contribution in [3.63, 3.8) is 0 Å². The molecule has 0 bridgehead atoms. The third kappa shape index (κ3) is 2.56. The smallest absolute Gasteiger partial charge is 0.199 e. The van der Waals surface area contributed by atoms with Crippen LogP contribution in [0.25, 0.3) is 5.69 Å². The molecule has 4 nitrogen and oxygen atoms in total. The third-order valence-corrected chi connectivity index (χ3v) is 3.38. The first-order valence-corrected chi connectivity index (χ1v) is 7.00. The molecule has 0 atom stereocenters. The molecule has 5 heteroatoms. The number of aromatic amines is 1. The molecule has 1 aliphatic rings. The summed E-state index contributed by atoms with van der Waals surface area (Å²) < 4.78 is 8.32. The predicted molar refractivity (Wildman–Crippen MR) is 76.5 cm³/mol. The number of nitrogens with one attached hydrogen (secondary N) is 1. The van der Waals surface area contributed by atoms with Crippen molar-refractivity contribution < 1.29 is 4.74 Å². The summed E-state index contributed by atoms with van der Waals surface area (Å²) in [6.45, 7) is 4.04. The molecule has 1 aliphatic carbocycles. The molecule has 1 saturated carbocycles. The van der Waals surface area contributed by atoms with Crippen molar-refractivity contribution in [3.05, 3.63) is 34.9 Å². The van der Waals surface area contributed by atoms with Gasteiger partial charge in [-0.15, -0.1) is 0 Å². The first kappa shape index (κ1) is 12.4. The maximum Gasteiger partial charge on any atom is 0.199 e. The van der Waals surface area contributed by atoms with Crippen LogP contribution in [0, 0.1) is 4.77 Å². The van der Waals surface area contributed by atoms with Gasteiger partial charge in [0.1, 0.15) is 11.6 Å². The molecule has 3 rings (SSSR count). The highest BCUT2D eigenvalue weighted by Gasteiger charge is 2.29. The van der Waals surface area contributed by atoms with Gasteiger partial charge in [0.25, 0.3) is 0 Å². The van der Waals surface area contributed by atoms with Crippen molar-refractivity contribution in [1.29, 1.82) is 0 Å². The van der Waals surface area contributed by atoms with E-state index in [0.717, 1.165) is 17.3 Å². The van der Waals surface area contributed by atoms with Crippen LogP contribution >= 0.6 is 12.2 Å².